The largest absolute Gasteiger partial charge is 0.341 e. The van der Waals surface area contributed by atoms with Crippen LogP contribution in [-0.4, -0.2) is 45.5 Å². The fourth-order valence-electron chi connectivity index (χ4n) is 3.02. The zero-order chi connectivity index (χ0) is 16.6. The fourth-order valence-corrected chi connectivity index (χ4v) is 4.16. The molecule has 0 amide bonds. The summed E-state index contributed by atoms with van der Waals surface area (Å²) in [5, 5.41) is 0. The number of aromatic nitrogens is 4. The molecule has 0 aliphatic carbocycles. The van der Waals surface area contributed by atoms with Gasteiger partial charge in [-0.3, -0.25) is 0 Å². The van der Waals surface area contributed by atoms with Crippen molar-refractivity contribution in [2.24, 2.45) is 0 Å². The van der Waals surface area contributed by atoms with E-state index in [1.54, 1.807) is 10.5 Å². The minimum atomic E-state index is -3.26. The van der Waals surface area contributed by atoms with Gasteiger partial charge in [0.25, 0.3) is 0 Å². The van der Waals surface area contributed by atoms with Crippen LogP contribution in [0.1, 0.15) is 42.5 Å². The van der Waals surface area contributed by atoms with E-state index in [2.05, 4.69) is 19.9 Å². The number of nitrogens with one attached hydrogen (secondary N) is 1. The Hall–Kier alpha value is -1.80. The summed E-state index contributed by atoms with van der Waals surface area (Å²) in [6.07, 6.45) is 5.67. The highest BCUT2D eigenvalue weighted by Gasteiger charge is 2.32. The lowest BCUT2D eigenvalue weighted by Crippen LogP contribution is -2.38. The second-order valence-electron chi connectivity index (χ2n) is 6.03. The van der Waals surface area contributed by atoms with Crippen LogP contribution in [0.2, 0.25) is 0 Å². The van der Waals surface area contributed by atoms with Crippen LogP contribution in [0.15, 0.2) is 12.3 Å². The molecular formula is C15H21N5O2S. The summed E-state index contributed by atoms with van der Waals surface area (Å²) in [5.41, 5.74) is 2.39. The molecule has 1 saturated heterocycles. The first-order valence-corrected chi connectivity index (χ1v) is 9.54. The molecule has 7 nitrogen and oxygen atoms in total. The predicted octanol–water partition coefficient (Wildman–Crippen LogP) is 1.97. The van der Waals surface area contributed by atoms with Crippen molar-refractivity contribution in [1.82, 2.24) is 24.2 Å². The van der Waals surface area contributed by atoms with Crippen LogP contribution < -0.4 is 0 Å². The minimum absolute atomic E-state index is 0.227. The maximum Gasteiger partial charge on any atom is 0.211 e. The number of imidazole rings is 1. The quantitative estimate of drug-likeness (QED) is 0.926. The molecule has 8 heteroatoms. The van der Waals surface area contributed by atoms with Crippen molar-refractivity contribution < 1.29 is 8.42 Å². The normalized spacial score (nSPS) is 19.9. The number of H-pyrrole nitrogens is 1. The summed E-state index contributed by atoms with van der Waals surface area (Å²) in [5.74, 6) is 1.29. The van der Waals surface area contributed by atoms with E-state index in [1.807, 2.05) is 19.9 Å². The Morgan fingerprint density at radius 1 is 1.26 bits per heavy atom. The molecule has 0 radical (unpaired) electrons. The van der Waals surface area contributed by atoms with Gasteiger partial charge in [0.05, 0.1) is 18.0 Å². The number of nitrogens with zero attached hydrogens (tertiary/aromatic N) is 4. The molecule has 0 bridgehead atoms. The van der Waals surface area contributed by atoms with Gasteiger partial charge in [-0.2, -0.15) is 4.31 Å². The first kappa shape index (κ1) is 16.1. The molecule has 23 heavy (non-hydrogen) atoms. The van der Waals surface area contributed by atoms with Gasteiger partial charge in [-0.15, -0.1) is 0 Å². The standard InChI is InChI=1S/C15H21N5O2S/c1-10-9-16-15(17-10)13-8-12(18-11(2)19-13)14-6-4-5-7-20(14)23(3,21)22/h8-9,14H,4-7H2,1-3H3,(H,16,17)/t14-/m1/s1. The van der Waals surface area contributed by atoms with Crippen LogP contribution in [0.3, 0.4) is 0 Å². The van der Waals surface area contributed by atoms with E-state index in [9.17, 15) is 8.42 Å². The van der Waals surface area contributed by atoms with Crippen molar-refractivity contribution in [3.63, 3.8) is 0 Å². The average Bonchev–Trinajstić information content (AvgIpc) is 2.92. The molecule has 2 aromatic rings. The predicted molar refractivity (Wildman–Crippen MR) is 87.2 cm³/mol. The van der Waals surface area contributed by atoms with Crippen molar-refractivity contribution in [1.29, 1.82) is 0 Å². The minimum Gasteiger partial charge on any atom is -0.341 e. The second kappa shape index (κ2) is 6.01. The third-order valence-electron chi connectivity index (χ3n) is 4.02. The highest BCUT2D eigenvalue weighted by Crippen LogP contribution is 2.32. The van der Waals surface area contributed by atoms with Crippen LogP contribution in [0.4, 0.5) is 0 Å². The average molecular weight is 335 g/mol. The molecule has 2 aromatic heterocycles. The van der Waals surface area contributed by atoms with Gasteiger partial charge in [-0.25, -0.2) is 23.4 Å². The van der Waals surface area contributed by atoms with E-state index in [1.165, 1.54) is 6.26 Å². The first-order chi connectivity index (χ1) is 10.8. The second-order valence-corrected chi connectivity index (χ2v) is 7.96. The van der Waals surface area contributed by atoms with Gasteiger partial charge < -0.3 is 4.98 Å². The molecular weight excluding hydrogens is 314 g/mol. The van der Waals surface area contributed by atoms with Crippen LogP contribution >= 0.6 is 0 Å². The Bertz CT molecular complexity index is 815. The SMILES string of the molecule is Cc1nc(-c2ncc(C)[nH]2)cc([C@H]2CCCCN2S(C)(=O)=O)n1. The third-order valence-corrected chi connectivity index (χ3v) is 5.31. The lowest BCUT2D eigenvalue weighted by molar-refractivity contribution is 0.252. The summed E-state index contributed by atoms with van der Waals surface area (Å²) < 4.78 is 25.7. The molecule has 0 aromatic carbocycles. The Kier molecular flexibility index (Phi) is 4.20. The van der Waals surface area contributed by atoms with E-state index in [0.29, 0.717) is 23.9 Å². The molecule has 1 aliphatic heterocycles. The van der Waals surface area contributed by atoms with E-state index < -0.39 is 10.0 Å². The molecule has 0 spiro atoms. The number of hydrogen-bond acceptors (Lipinski definition) is 5. The number of rotatable bonds is 3. The lowest BCUT2D eigenvalue weighted by atomic mass is 10.0. The van der Waals surface area contributed by atoms with Gasteiger partial charge in [0.2, 0.25) is 10.0 Å². The van der Waals surface area contributed by atoms with Gasteiger partial charge in [-0.05, 0) is 32.8 Å². The number of piperidine rings is 1. The summed E-state index contributed by atoms with van der Waals surface area (Å²) in [7, 11) is -3.26. The molecule has 124 valence electrons. The molecule has 0 saturated carbocycles. The van der Waals surface area contributed by atoms with Gasteiger partial charge in [-0.1, -0.05) is 6.42 Å². The number of sulfonamides is 1. The summed E-state index contributed by atoms with van der Waals surface area (Å²) in [4.78, 5) is 16.4. The molecule has 3 rings (SSSR count). The first-order valence-electron chi connectivity index (χ1n) is 7.69. The van der Waals surface area contributed by atoms with Crippen molar-refractivity contribution in [3.8, 4) is 11.5 Å². The zero-order valence-corrected chi connectivity index (χ0v) is 14.4. The topological polar surface area (TPSA) is 91.8 Å². The highest BCUT2D eigenvalue weighted by atomic mass is 32.2. The Morgan fingerprint density at radius 2 is 2.04 bits per heavy atom. The molecule has 1 N–H and O–H groups in total. The summed E-state index contributed by atoms with van der Waals surface area (Å²) >= 11 is 0. The number of aromatic amines is 1. The van der Waals surface area contributed by atoms with Crippen molar-refractivity contribution >= 4 is 10.0 Å². The van der Waals surface area contributed by atoms with Gasteiger partial charge in [0.1, 0.15) is 11.5 Å². The molecule has 1 atom stereocenters. The van der Waals surface area contributed by atoms with Crippen LogP contribution in [-0.2, 0) is 10.0 Å². The highest BCUT2D eigenvalue weighted by molar-refractivity contribution is 7.88. The van der Waals surface area contributed by atoms with Crippen LogP contribution in [0.25, 0.3) is 11.5 Å². The Labute approximate surface area is 136 Å². The van der Waals surface area contributed by atoms with E-state index in [-0.39, 0.29) is 6.04 Å². The maximum absolute atomic E-state index is 12.1. The maximum atomic E-state index is 12.1. The lowest BCUT2D eigenvalue weighted by Gasteiger charge is -2.33. The Morgan fingerprint density at radius 3 is 2.70 bits per heavy atom. The summed E-state index contributed by atoms with van der Waals surface area (Å²) in [6, 6.07) is 1.62. The molecule has 0 unspecified atom stereocenters. The smallest absolute Gasteiger partial charge is 0.211 e. The monoisotopic (exact) mass is 335 g/mol. The molecule has 3 heterocycles. The number of aryl methyl sites for hydroxylation is 2. The van der Waals surface area contributed by atoms with Crippen molar-refractivity contribution in [2.45, 2.75) is 39.2 Å². The van der Waals surface area contributed by atoms with Crippen LogP contribution in [0.5, 0.6) is 0 Å². The van der Waals surface area contributed by atoms with E-state index in [4.69, 9.17) is 0 Å². The van der Waals surface area contributed by atoms with Crippen molar-refractivity contribution in [3.05, 3.63) is 29.5 Å². The van der Waals surface area contributed by atoms with Gasteiger partial charge >= 0.3 is 0 Å². The van der Waals surface area contributed by atoms with Gasteiger partial charge in [0, 0.05) is 18.4 Å². The van der Waals surface area contributed by atoms with E-state index >= 15 is 0 Å². The molecule has 1 fully saturated rings. The van der Waals surface area contributed by atoms with E-state index in [0.717, 1.165) is 30.7 Å². The van der Waals surface area contributed by atoms with Crippen molar-refractivity contribution in [2.75, 3.05) is 12.8 Å². The molecule has 1 aliphatic rings. The van der Waals surface area contributed by atoms with Gasteiger partial charge in [0.15, 0.2) is 5.82 Å². The zero-order valence-electron chi connectivity index (χ0n) is 13.6. The van der Waals surface area contributed by atoms with Crippen LogP contribution in [0, 0.1) is 13.8 Å². The number of hydrogen-bond donors (Lipinski definition) is 1. The Balaban J connectivity index is 2.03. The summed E-state index contributed by atoms with van der Waals surface area (Å²) in [6.45, 7) is 4.29. The third kappa shape index (κ3) is 3.42. The fraction of sp³-hybridized carbons (Fsp3) is 0.533.